The molecule has 1 fully saturated rings. The molecule has 3 rings (SSSR count). The molecule has 0 aliphatic carbocycles. The van der Waals surface area contributed by atoms with Gasteiger partial charge in [-0.3, -0.25) is 14.4 Å². The molecule has 1 N–H and O–H groups in total. The third kappa shape index (κ3) is 5.60. The van der Waals surface area contributed by atoms with Crippen LogP contribution in [0.25, 0.3) is 10.9 Å². The minimum atomic E-state index is -0.855. The van der Waals surface area contributed by atoms with Gasteiger partial charge in [0.1, 0.15) is 6.10 Å². The average molecular weight is 417 g/mol. The number of aromatic nitrogens is 1. The second kappa shape index (κ2) is 10.2. The molecule has 162 valence electrons. The van der Waals surface area contributed by atoms with Gasteiger partial charge in [0.15, 0.2) is 6.10 Å². The van der Waals surface area contributed by atoms with Gasteiger partial charge in [-0.1, -0.05) is 32.0 Å². The van der Waals surface area contributed by atoms with Gasteiger partial charge in [0.2, 0.25) is 6.29 Å². The van der Waals surface area contributed by atoms with Gasteiger partial charge < -0.3 is 23.9 Å². The monoisotopic (exact) mass is 417 g/mol. The molecular formula is C22H27NO7. The molecule has 1 aromatic carbocycles. The van der Waals surface area contributed by atoms with Crippen molar-refractivity contribution in [3.63, 3.8) is 0 Å². The molecule has 1 saturated heterocycles. The third-order valence-electron chi connectivity index (χ3n) is 4.97. The second-order valence-corrected chi connectivity index (χ2v) is 7.11. The Bertz CT molecular complexity index is 890. The van der Waals surface area contributed by atoms with Gasteiger partial charge in [0.05, 0.1) is 13.0 Å². The molecule has 0 bridgehead atoms. The van der Waals surface area contributed by atoms with E-state index in [0.717, 1.165) is 16.5 Å². The lowest BCUT2D eigenvalue weighted by molar-refractivity contribution is -0.230. The first-order chi connectivity index (χ1) is 14.5. The molecule has 1 aliphatic rings. The minimum absolute atomic E-state index is 0.00616. The fourth-order valence-corrected chi connectivity index (χ4v) is 3.32. The Kier molecular flexibility index (Phi) is 7.46. The van der Waals surface area contributed by atoms with Crippen LogP contribution >= 0.6 is 0 Å². The summed E-state index contributed by atoms with van der Waals surface area (Å²) in [5, 5.41) is 1.08. The molecule has 0 unspecified atom stereocenters. The summed E-state index contributed by atoms with van der Waals surface area (Å²) in [5.41, 5.74) is 2.05. The number of hydrogen-bond acceptors (Lipinski definition) is 7. The maximum Gasteiger partial charge on any atom is 0.308 e. The maximum absolute atomic E-state index is 12.3. The van der Waals surface area contributed by atoms with Crippen molar-refractivity contribution < 1.29 is 33.3 Å². The number of fused-ring (bicyclic) bond motifs is 1. The Hall–Kier alpha value is -2.87. The van der Waals surface area contributed by atoms with Crippen molar-refractivity contribution in [1.82, 2.24) is 4.98 Å². The summed E-state index contributed by atoms with van der Waals surface area (Å²) in [6, 6.07) is 7.88. The summed E-state index contributed by atoms with van der Waals surface area (Å²) >= 11 is 0. The Morgan fingerprint density at radius 2 is 1.70 bits per heavy atom. The van der Waals surface area contributed by atoms with E-state index in [4.69, 9.17) is 18.9 Å². The summed E-state index contributed by atoms with van der Waals surface area (Å²) in [7, 11) is 0. The predicted octanol–water partition coefficient (Wildman–Crippen LogP) is 3.03. The van der Waals surface area contributed by atoms with E-state index in [9.17, 15) is 14.4 Å². The zero-order valence-electron chi connectivity index (χ0n) is 17.2. The Morgan fingerprint density at radius 1 is 1.00 bits per heavy atom. The number of aromatic amines is 1. The van der Waals surface area contributed by atoms with Crippen LogP contribution in [0.3, 0.4) is 0 Å². The molecule has 0 amide bonds. The molecule has 0 spiro atoms. The van der Waals surface area contributed by atoms with Crippen LogP contribution < -0.4 is 0 Å². The van der Waals surface area contributed by atoms with Gasteiger partial charge in [-0.2, -0.15) is 0 Å². The summed E-state index contributed by atoms with van der Waals surface area (Å²) in [5.74, 6) is -1.23. The van der Waals surface area contributed by atoms with Gasteiger partial charge in [0, 0.05) is 36.4 Å². The predicted molar refractivity (Wildman–Crippen MR) is 107 cm³/mol. The van der Waals surface area contributed by atoms with Crippen molar-refractivity contribution in [2.24, 2.45) is 0 Å². The number of rotatable bonds is 8. The largest absolute Gasteiger partial charge is 0.458 e. The van der Waals surface area contributed by atoms with E-state index >= 15 is 0 Å². The smallest absolute Gasteiger partial charge is 0.308 e. The number of H-pyrrole nitrogens is 1. The number of esters is 3. The highest BCUT2D eigenvalue weighted by Gasteiger charge is 2.38. The highest BCUT2D eigenvalue weighted by atomic mass is 16.7. The van der Waals surface area contributed by atoms with E-state index in [2.05, 4.69) is 4.98 Å². The summed E-state index contributed by atoms with van der Waals surface area (Å²) in [6.07, 6.45) is 0.844. The number of benzene rings is 1. The summed E-state index contributed by atoms with van der Waals surface area (Å²) in [4.78, 5) is 38.9. The van der Waals surface area contributed by atoms with Crippen LogP contribution in [0.5, 0.6) is 0 Å². The molecule has 1 aliphatic heterocycles. The normalized spacial score (nSPS) is 21.2. The van der Waals surface area contributed by atoms with Crippen molar-refractivity contribution in [3.8, 4) is 0 Å². The van der Waals surface area contributed by atoms with Gasteiger partial charge >= 0.3 is 17.9 Å². The zero-order chi connectivity index (χ0) is 21.5. The highest BCUT2D eigenvalue weighted by Crippen LogP contribution is 2.23. The SMILES string of the molecule is CCC(=O)O[C@H]1CO[C@H](OC(=O)CCc2c[nH]c3ccccc23)C[C@H]1OC(=O)CC. The fraction of sp³-hybridized carbons (Fsp3) is 0.500. The van der Waals surface area contributed by atoms with Crippen LogP contribution in [-0.4, -0.2) is 48.0 Å². The minimum Gasteiger partial charge on any atom is -0.458 e. The first kappa shape index (κ1) is 21.8. The van der Waals surface area contributed by atoms with Crippen LogP contribution in [0.2, 0.25) is 0 Å². The molecule has 2 aromatic rings. The first-order valence-corrected chi connectivity index (χ1v) is 10.2. The molecule has 2 heterocycles. The topological polar surface area (TPSA) is 104 Å². The molecule has 3 atom stereocenters. The number of carbonyl (C=O) groups excluding carboxylic acids is 3. The van der Waals surface area contributed by atoms with E-state index in [0.29, 0.717) is 6.42 Å². The van der Waals surface area contributed by atoms with E-state index < -0.39 is 36.4 Å². The van der Waals surface area contributed by atoms with Gasteiger partial charge in [-0.25, -0.2) is 0 Å². The van der Waals surface area contributed by atoms with E-state index in [1.165, 1.54) is 0 Å². The van der Waals surface area contributed by atoms with Gasteiger partial charge in [-0.05, 0) is 18.1 Å². The maximum atomic E-state index is 12.3. The Morgan fingerprint density at radius 3 is 2.43 bits per heavy atom. The van der Waals surface area contributed by atoms with Crippen molar-refractivity contribution in [2.45, 2.75) is 64.4 Å². The number of nitrogens with one attached hydrogen (secondary N) is 1. The van der Waals surface area contributed by atoms with Crippen molar-refractivity contribution in [1.29, 1.82) is 0 Å². The standard InChI is InChI=1S/C22H27NO7/c1-3-19(24)28-17-11-22(27-13-18(17)29-20(25)4-2)30-21(26)10-9-14-12-23-16-8-6-5-7-15(14)16/h5-8,12,17-18,22-23H,3-4,9-11,13H2,1-2H3/t17-,18+,22-/m1/s1. The lowest BCUT2D eigenvalue weighted by Crippen LogP contribution is -2.47. The molecule has 0 saturated carbocycles. The van der Waals surface area contributed by atoms with Crippen molar-refractivity contribution >= 4 is 28.8 Å². The number of hydrogen-bond donors (Lipinski definition) is 1. The highest BCUT2D eigenvalue weighted by molar-refractivity contribution is 5.83. The quantitative estimate of drug-likeness (QED) is 0.520. The number of para-hydroxylation sites is 1. The van der Waals surface area contributed by atoms with Gasteiger partial charge in [-0.15, -0.1) is 0 Å². The number of carbonyl (C=O) groups is 3. The van der Waals surface area contributed by atoms with E-state index in [-0.39, 0.29) is 32.3 Å². The molecular weight excluding hydrogens is 390 g/mol. The molecule has 30 heavy (non-hydrogen) atoms. The molecule has 8 heteroatoms. The lowest BCUT2D eigenvalue weighted by atomic mass is 10.1. The lowest BCUT2D eigenvalue weighted by Gasteiger charge is -2.34. The van der Waals surface area contributed by atoms with E-state index in [1.54, 1.807) is 13.8 Å². The van der Waals surface area contributed by atoms with Crippen LogP contribution in [0, 0.1) is 0 Å². The van der Waals surface area contributed by atoms with Crippen LogP contribution in [0.15, 0.2) is 30.5 Å². The van der Waals surface area contributed by atoms with E-state index in [1.807, 2.05) is 30.5 Å². The fourth-order valence-electron chi connectivity index (χ4n) is 3.32. The molecule has 0 radical (unpaired) electrons. The van der Waals surface area contributed by atoms with Crippen molar-refractivity contribution in [2.75, 3.05) is 6.61 Å². The summed E-state index contributed by atoms with van der Waals surface area (Å²) < 4.78 is 21.7. The third-order valence-corrected chi connectivity index (χ3v) is 4.97. The van der Waals surface area contributed by atoms with Crippen LogP contribution in [-0.2, 0) is 39.8 Å². The Labute approximate surface area is 174 Å². The second-order valence-electron chi connectivity index (χ2n) is 7.11. The average Bonchev–Trinajstić information content (AvgIpc) is 3.17. The zero-order valence-corrected chi connectivity index (χ0v) is 17.2. The number of aryl methyl sites for hydroxylation is 1. The van der Waals surface area contributed by atoms with Crippen LogP contribution in [0.1, 0.15) is 45.1 Å². The number of ether oxygens (including phenoxy) is 4. The Balaban J connectivity index is 1.54. The van der Waals surface area contributed by atoms with Crippen LogP contribution in [0.4, 0.5) is 0 Å². The molecule has 1 aromatic heterocycles. The van der Waals surface area contributed by atoms with Gasteiger partial charge in [0.25, 0.3) is 0 Å². The first-order valence-electron chi connectivity index (χ1n) is 10.2. The van der Waals surface area contributed by atoms with Crippen molar-refractivity contribution in [3.05, 3.63) is 36.0 Å². The molecule has 8 nitrogen and oxygen atoms in total. The summed E-state index contributed by atoms with van der Waals surface area (Å²) in [6.45, 7) is 3.35.